The molecule has 1 aromatic carbocycles. The predicted molar refractivity (Wildman–Crippen MR) is 60.7 cm³/mol. The van der Waals surface area contributed by atoms with E-state index in [1.807, 2.05) is 11.9 Å². The van der Waals surface area contributed by atoms with E-state index < -0.39 is 11.6 Å². The van der Waals surface area contributed by atoms with Crippen LogP contribution in [0, 0.1) is 11.6 Å². The lowest BCUT2D eigenvalue weighted by Gasteiger charge is -2.34. The van der Waals surface area contributed by atoms with Gasteiger partial charge in [-0.3, -0.25) is 0 Å². The van der Waals surface area contributed by atoms with Crippen molar-refractivity contribution in [3.63, 3.8) is 0 Å². The third-order valence-electron chi connectivity index (χ3n) is 3.08. The van der Waals surface area contributed by atoms with E-state index in [2.05, 4.69) is 5.32 Å². The Morgan fingerprint density at radius 1 is 1.38 bits per heavy atom. The van der Waals surface area contributed by atoms with Gasteiger partial charge in [0.05, 0.1) is 5.69 Å². The maximum atomic E-state index is 13.6. The van der Waals surface area contributed by atoms with Crippen LogP contribution in [0.3, 0.4) is 0 Å². The van der Waals surface area contributed by atoms with Gasteiger partial charge in [-0.15, -0.1) is 0 Å². The molecule has 1 atom stereocenters. The molecular formula is C12H16F2N2. The highest BCUT2D eigenvalue weighted by atomic mass is 19.1. The number of likely N-dealkylation sites (N-methyl/N-ethyl adjacent to an activating group) is 1. The van der Waals surface area contributed by atoms with E-state index in [0.717, 1.165) is 32.0 Å². The number of piperidine rings is 1. The highest BCUT2D eigenvalue weighted by molar-refractivity contribution is 5.48. The molecule has 0 amide bonds. The Hall–Kier alpha value is -1.16. The fourth-order valence-corrected chi connectivity index (χ4v) is 2.17. The Kier molecular flexibility index (Phi) is 3.39. The average Bonchev–Trinajstić information content (AvgIpc) is 2.29. The number of benzene rings is 1. The minimum atomic E-state index is -0.525. The summed E-state index contributed by atoms with van der Waals surface area (Å²) in [6.07, 6.45) is 2.14. The van der Waals surface area contributed by atoms with Crippen molar-refractivity contribution in [2.75, 3.05) is 25.0 Å². The van der Waals surface area contributed by atoms with Gasteiger partial charge in [0.25, 0.3) is 0 Å². The molecule has 1 aliphatic rings. The van der Waals surface area contributed by atoms with Gasteiger partial charge in [-0.2, -0.15) is 0 Å². The largest absolute Gasteiger partial charge is 0.368 e. The minimum absolute atomic E-state index is 0.387. The molecule has 1 fully saturated rings. The lowest BCUT2D eigenvalue weighted by molar-refractivity contribution is 0.445. The third-order valence-corrected chi connectivity index (χ3v) is 3.08. The van der Waals surface area contributed by atoms with Crippen molar-refractivity contribution in [2.24, 2.45) is 0 Å². The monoisotopic (exact) mass is 226 g/mol. The summed E-state index contributed by atoms with van der Waals surface area (Å²) in [7, 11) is 1.91. The van der Waals surface area contributed by atoms with Crippen LogP contribution in [0.1, 0.15) is 12.8 Å². The summed E-state index contributed by atoms with van der Waals surface area (Å²) < 4.78 is 26.4. The van der Waals surface area contributed by atoms with Gasteiger partial charge in [-0.05, 0) is 32.0 Å². The first-order valence-corrected chi connectivity index (χ1v) is 5.58. The molecule has 1 N–H and O–H groups in total. The Morgan fingerprint density at radius 3 is 2.88 bits per heavy atom. The second-order valence-electron chi connectivity index (χ2n) is 4.17. The second-order valence-corrected chi connectivity index (χ2v) is 4.17. The summed E-state index contributed by atoms with van der Waals surface area (Å²) in [5, 5.41) is 3.20. The summed E-state index contributed by atoms with van der Waals surface area (Å²) in [6.45, 7) is 1.61. The van der Waals surface area contributed by atoms with Crippen LogP contribution >= 0.6 is 0 Å². The van der Waals surface area contributed by atoms with Crippen molar-refractivity contribution in [3.05, 3.63) is 29.8 Å². The number of halogens is 2. The van der Waals surface area contributed by atoms with Gasteiger partial charge >= 0.3 is 0 Å². The minimum Gasteiger partial charge on any atom is -0.368 e. The predicted octanol–water partition coefficient (Wildman–Crippen LogP) is 2.15. The van der Waals surface area contributed by atoms with Gasteiger partial charge in [-0.25, -0.2) is 8.78 Å². The van der Waals surface area contributed by atoms with Gasteiger partial charge in [0.1, 0.15) is 11.6 Å². The van der Waals surface area contributed by atoms with Crippen LogP contribution in [0.5, 0.6) is 0 Å². The van der Waals surface area contributed by atoms with Crippen molar-refractivity contribution in [1.29, 1.82) is 0 Å². The Labute approximate surface area is 94.3 Å². The van der Waals surface area contributed by atoms with Crippen LogP contribution in [0.2, 0.25) is 0 Å². The van der Waals surface area contributed by atoms with E-state index in [9.17, 15) is 8.78 Å². The van der Waals surface area contributed by atoms with Crippen molar-refractivity contribution in [2.45, 2.75) is 18.9 Å². The lowest BCUT2D eigenvalue weighted by Crippen LogP contribution is -2.44. The maximum absolute atomic E-state index is 13.6. The highest BCUT2D eigenvalue weighted by Crippen LogP contribution is 2.23. The average molecular weight is 226 g/mol. The molecule has 1 unspecified atom stereocenters. The third kappa shape index (κ3) is 2.32. The molecule has 0 bridgehead atoms. The number of nitrogens with zero attached hydrogens (tertiary/aromatic N) is 1. The molecule has 1 heterocycles. The SMILES string of the molecule is CNC1CCCN(c2ccc(F)cc2F)C1. The molecule has 0 saturated carbocycles. The molecule has 2 nitrogen and oxygen atoms in total. The van der Waals surface area contributed by atoms with Crippen molar-refractivity contribution >= 4 is 5.69 Å². The quantitative estimate of drug-likeness (QED) is 0.831. The molecule has 16 heavy (non-hydrogen) atoms. The van der Waals surface area contributed by atoms with Crippen molar-refractivity contribution < 1.29 is 8.78 Å². The standard InChI is InChI=1S/C12H16F2N2/c1-15-10-3-2-6-16(8-10)12-5-4-9(13)7-11(12)14/h4-5,7,10,15H,2-3,6,8H2,1H3. The van der Waals surface area contributed by atoms with Crippen LogP contribution in [0.25, 0.3) is 0 Å². The second kappa shape index (κ2) is 4.78. The molecule has 0 aliphatic carbocycles. The first kappa shape index (κ1) is 11.3. The Morgan fingerprint density at radius 2 is 2.19 bits per heavy atom. The van der Waals surface area contributed by atoms with Crippen LogP contribution in [-0.2, 0) is 0 Å². The smallest absolute Gasteiger partial charge is 0.149 e. The Balaban J connectivity index is 2.16. The zero-order valence-electron chi connectivity index (χ0n) is 9.34. The number of anilines is 1. The zero-order chi connectivity index (χ0) is 11.5. The van der Waals surface area contributed by atoms with E-state index in [4.69, 9.17) is 0 Å². The van der Waals surface area contributed by atoms with Crippen LogP contribution in [0.15, 0.2) is 18.2 Å². The number of hydrogen-bond donors (Lipinski definition) is 1. The van der Waals surface area contributed by atoms with Gasteiger partial charge in [0.15, 0.2) is 0 Å². The molecule has 1 aliphatic heterocycles. The van der Waals surface area contributed by atoms with Crippen LogP contribution in [0.4, 0.5) is 14.5 Å². The number of rotatable bonds is 2. The van der Waals surface area contributed by atoms with Crippen molar-refractivity contribution in [1.82, 2.24) is 5.32 Å². The van der Waals surface area contributed by atoms with Gasteiger partial charge in [0.2, 0.25) is 0 Å². The van der Waals surface area contributed by atoms with E-state index in [0.29, 0.717) is 11.7 Å². The topological polar surface area (TPSA) is 15.3 Å². The summed E-state index contributed by atoms with van der Waals surface area (Å²) in [6, 6.07) is 4.15. The normalized spacial score (nSPS) is 21.2. The van der Waals surface area contributed by atoms with E-state index in [1.165, 1.54) is 12.1 Å². The molecule has 2 rings (SSSR count). The molecule has 1 saturated heterocycles. The van der Waals surface area contributed by atoms with Crippen LogP contribution < -0.4 is 10.2 Å². The maximum Gasteiger partial charge on any atom is 0.149 e. The van der Waals surface area contributed by atoms with E-state index in [-0.39, 0.29) is 0 Å². The summed E-state index contributed by atoms with van der Waals surface area (Å²) in [5.41, 5.74) is 0.501. The summed E-state index contributed by atoms with van der Waals surface area (Å²) >= 11 is 0. The van der Waals surface area contributed by atoms with Crippen molar-refractivity contribution in [3.8, 4) is 0 Å². The summed E-state index contributed by atoms with van der Waals surface area (Å²) in [4.78, 5) is 1.97. The molecule has 88 valence electrons. The molecule has 4 heteroatoms. The molecule has 1 aromatic rings. The fourth-order valence-electron chi connectivity index (χ4n) is 2.17. The molecule has 0 aromatic heterocycles. The highest BCUT2D eigenvalue weighted by Gasteiger charge is 2.20. The molecule has 0 radical (unpaired) electrons. The van der Waals surface area contributed by atoms with Gasteiger partial charge in [-0.1, -0.05) is 0 Å². The van der Waals surface area contributed by atoms with Crippen LogP contribution in [-0.4, -0.2) is 26.2 Å². The zero-order valence-corrected chi connectivity index (χ0v) is 9.34. The van der Waals surface area contributed by atoms with Gasteiger partial charge in [0, 0.05) is 25.2 Å². The first-order valence-electron chi connectivity index (χ1n) is 5.58. The van der Waals surface area contributed by atoms with E-state index in [1.54, 1.807) is 0 Å². The number of hydrogen-bond acceptors (Lipinski definition) is 2. The molecule has 0 spiro atoms. The fraction of sp³-hybridized carbons (Fsp3) is 0.500. The molecular weight excluding hydrogens is 210 g/mol. The van der Waals surface area contributed by atoms with Gasteiger partial charge < -0.3 is 10.2 Å². The summed E-state index contributed by atoms with van der Waals surface area (Å²) in [5.74, 6) is -1.000. The first-order chi connectivity index (χ1) is 7.70. The lowest BCUT2D eigenvalue weighted by atomic mass is 10.1. The van der Waals surface area contributed by atoms with E-state index >= 15 is 0 Å². The number of nitrogens with one attached hydrogen (secondary N) is 1. The Bertz CT molecular complexity index is 368.